The third-order valence-corrected chi connectivity index (χ3v) is 5.46. The van der Waals surface area contributed by atoms with Gasteiger partial charge in [-0.05, 0) is 49.8 Å². The van der Waals surface area contributed by atoms with Gasteiger partial charge in [0.1, 0.15) is 0 Å². The maximum absolute atomic E-state index is 4.83. The van der Waals surface area contributed by atoms with E-state index < -0.39 is 0 Å². The van der Waals surface area contributed by atoms with Crippen LogP contribution < -0.4 is 4.90 Å². The van der Waals surface area contributed by atoms with Crippen LogP contribution in [0.15, 0.2) is 42.7 Å². The number of fused-ring (bicyclic) bond motifs is 1. The molecule has 0 N–H and O–H groups in total. The molecule has 4 rings (SSSR count). The van der Waals surface area contributed by atoms with E-state index in [1.165, 1.54) is 35.2 Å². The number of para-hydroxylation sites is 1. The van der Waals surface area contributed by atoms with Gasteiger partial charge in [-0.15, -0.1) is 0 Å². The summed E-state index contributed by atoms with van der Waals surface area (Å²) in [5.74, 6) is 0.718. The minimum atomic E-state index is 0.718. The predicted octanol–water partition coefficient (Wildman–Crippen LogP) is 4.22. The highest BCUT2D eigenvalue weighted by Gasteiger charge is 2.23. The summed E-state index contributed by atoms with van der Waals surface area (Å²) in [6.45, 7) is 7.67. The first-order valence-electron chi connectivity index (χ1n) is 9.37. The SMILES string of the molecule is CCc1c(C)nc2ccccc2c1N1CCC(Cn2cccn2)CC1. The lowest BCUT2D eigenvalue weighted by Crippen LogP contribution is -2.36. The Bertz CT molecular complexity index is 846. The number of nitrogens with zero attached hydrogens (tertiary/aromatic N) is 4. The molecule has 1 aliphatic rings. The zero-order valence-electron chi connectivity index (χ0n) is 15.2. The van der Waals surface area contributed by atoms with E-state index >= 15 is 0 Å². The van der Waals surface area contributed by atoms with Crippen molar-refractivity contribution in [1.82, 2.24) is 14.8 Å². The summed E-state index contributed by atoms with van der Waals surface area (Å²) in [5, 5.41) is 5.66. The molecule has 0 unspecified atom stereocenters. The van der Waals surface area contributed by atoms with Gasteiger partial charge in [-0.1, -0.05) is 25.1 Å². The highest BCUT2D eigenvalue weighted by atomic mass is 15.3. The van der Waals surface area contributed by atoms with Crippen molar-refractivity contribution >= 4 is 16.6 Å². The quantitative estimate of drug-likeness (QED) is 0.716. The van der Waals surface area contributed by atoms with Gasteiger partial charge in [0.25, 0.3) is 0 Å². The Morgan fingerprint density at radius 3 is 2.64 bits per heavy atom. The number of anilines is 1. The normalized spacial score (nSPS) is 15.8. The number of rotatable bonds is 4. The lowest BCUT2D eigenvalue weighted by Gasteiger charge is -2.35. The number of aryl methyl sites for hydroxylation is 1. The van der Waals surface area contributed by atoms with E-state index in [9.17, 15) is 0 Å². The van der Waals surface area contributed by atoms with E-state index in [1.807, 2.05) is 12.3 Å². The van der Waals surface area contributed by atoms with Crippen LogP contribution >= 0.6 is 0 Å². The Morgan fingerprint density at radius 2 is 1.92 bits per heavy atom. The summed E-state index contributed by atoms with van der Waals surface area (Å²) in [7, 11) is 0. The third-order valence-electron chi connectivity index (χ3n) is 5.46. The molecule has 25 heavy (non-hydrogen) atoms. The Labute approximate surface area is 149 Å². The first-order chi connectivity index (χ1) is 12.3. The molecule has 4 nitrogen and oxygen atoms in total. The van der Waals surface area contributed by atoms with Gasteiger partial charge in [0.15, 0.2) is 0 Å². The highest BCUT2D eigenvalue weighted by Crippen LogP contribution is 2.34. The summed E-state index contributed by atoms with van der Waals surface area (Å²) in [6.07, 6.45) is 7.42. The van der Waals surface area contributed by atoms with Crippen molar-refractivity contribution in [3.05, 3.63) is 54.0 Å². The van der Waals surface area contributed by atoms with E-state index in [0.717, 1.165) is 37.5 Å². The summed E-state index contributed by atoms with van der Waals surface area (Å²) >= 11 is 0. The summed E-state index contributed by atoms with van der Waals surface area (Å²) in [5.41, 5.74) is 5.12. The van der Waals surface area contributed by atoms with Crippen molar-refractivity contribution < 1.29 is 0 Å². The van der Waals surface area contributed by atoms with E-state index in [1.54, 1.807) is 0 Å². The molecule has 0 amide bonds. The maximum Gasteiger partial charge on any atom is 0.0726 e. The average Bonchev–Trinajstić information content (AvgIpc) is 3.14. The monoisotopic (exact) mass is 334 g/mol. The van der Waals surface area contributed by atoms with Gasteiger partial charge >= 0.3 is 0 Å². The van der Waals surface area contributed by atoms with Crippen molar-refractivity contribution in [2.75, 3.05) is 18.0 Å². The second-order valence-electron chi connectivity index (χ2n) is 7.05. The molecule has 0 spiro atoms. The van der Waals surface area contributed by atoms with Crippen LogP contribution in [0.2, 0.25) is 0 Å². The van der Waals surface area contributed by atoms with Gasteiger partial charge < -0.3 is 4.90 Å². The Morgan fingerprint density at radius 1 is 1.12 bits per heavy atom. The number of benzene rings is 1. The van der Waals surface area contributed by atoms with E-state index in [4.69, 9.17) is 4.98 Å². The van der Waals surface area contributed by atoms with Crippen LogP contribution in [0.3, 0.4) is 0 Å². The zero-order chi connectivity index (χ0) is 17.2. The second-order valence-corrected chi connectivity index (χ2v) is 7.05. The topological polar surface area (TPSA) is 34.0 Å². The molecule has 3 heterocycles. The zero-order valence-corrected chi connectivity index (χ0v) is 15.2. The van der Waals surface area contributed by atoms with Gasteiger partial charge in [0.05, 0.1) is 11.2 Å². The summed E-state index contributed by atoms with van der Waals surface area (Å²) in [4.78, 5) is 7.42. The molecule has 0 aliphatic carbocycles. The molecule has 1 saturated heterocycles. The molecule has 130 valence electrons. The van der Waals surface area contributed by atoms with Crippen LogP contribution in [0.5, 0.6) is 0 Å². The number of hydrogen-bond donors (Lipinski definition) is 0. The van der Waals surface area contributed by atoms with Crippen molar-refractivity contribution in [2.45, 2.75) is 39.7 Å². The first kappa shape index (κ1) is 16.1. The number of pyridine rings is 1. The summed E-state index contributed by atoms with van der Waals surface area (Å²) < 4.78 is 2.07. The van der Waals surface area contributed by atoms with Crippen LogP contribution in [-0.2, 0) is 13.0 Å². The molecule has 2 aromatic heterocycles. The average molecular weight is 334 g/mol. The van der Waals surface area contributed by atoms with E-state index in [2.05, 4.69) is 59.0 Å². The van der Waals surface area contributed by atoms with Crippen molar-refractivity contribution in [1.29, 1.82) is 0 Å². The smallest absolute Gasteiger partial charge is 0.0726 e. The minimum Gasteiger partial charge on any atom is -0.371 e. The Hall–Kier alpha value is -2.36. The standard InChI is InChI=1S/C21H26N4/c1-3-18-16(2)23-20-8-5-4-7-19(20)21(18)24-13-9-17(10-14-24)15-25-12-6-11-22-25/h4-8,11-12,17H,3,9-10,13-15H2,1-2H3. The van der Waals surface area contributed by atoms with Gasteiger partial charge in [-0.3, -0.25) is 9.67 Å². The molecule has 1 aromatic carbocycles. The van der Waals surface area contributed by atoms with E-state index in [-0.39, 0.29) is 0 Å². The van der Waals surface area contributed by atoms with E-state index in [0.29, 0.717) is 0 Å². The van der Waals surface area contributed by atoms with Crippen LogP contribution in [0, 0.1) is 12.8 Å². The number of hydrogen-bond acceptors (Lipinski definition) is 3. The van der Waals surface area contributed by atoms with Gasteiger partial charge in [-0.25, -0.2) is 0 Å². The van der Waals surface area contributed by atoms with Crippen molar-refractivity contribution in [3.8, 4) is 0 Å². The Balaban J connectivity index is 1.60. The lowest BCUT2D eigenvalue weighted by molar-refractivity contribution is 0.342. The van der Waals surface area contributed by atoms with Gasteiger partial charge in [-0.2, -0.15) is 5.10 Å². The molecule has 4 heteroatoms. The predicted molar refractivity (Wildman–Crippen MR) is 103 cm³/mol. The molecule has 0 atom stereocenters. The molecular weight excluding hydrogens is 308 g/mol. The largest absolute Gasteiger partial charge is 0.371 e. The fourth-order valence-corrected chi connectivity index (χ4v) is 4.15. The number of piperidine rings is 1. The third kappa shape index (κ3) is 3.13. The highest BCUT2D eigenvalue weighted by molar-refractivity contribution is 5.94. The molecule has 0 saturated carbocycles. The molecule has 1 fully saturated rings. The van der Waals surface area contributed by atoms with Crippen molar-refractivity contribution in [2.24, 2.45) is 5.92 Å². The second kappa shape index (κ2) is 6.87. The number of aromatic nitrogens is 3. The maximum atomic E-state index is 4.83. The van der Waals surface area contributed by atoms with Crippen LogP contribution in [0.1, 0.15) is 31.0 Å². The fourth-order valence-electron chi connectivity index (χ4n) is 4.15. The van der Waals surface area contributed by atoms with Crippen LogP contribution in [0.25, 0.3) is 10.9 Å². The molecule has 0 radical (unpaired) electrons. The molecule has 0 bridgehead atoms. The molecule has 1 aliphatic heterocycles. The Kier molecular flexibility index (Phi) is 4.43. The van der Waals surface area contributed by atoms with Gasteiger partial charge in [0.2, 0.25) is 0 Å². The molecule has 3 aromatic rings. The minimum absolute atomic E-state index is 0.718. The van der Waals surface area contributed by atoms with Crippen molar-refractivity contribution in [3.63, 3.8) is 0 Å². The lowest BCUT2D eigenvalue weighted by atomic mass is 9.94. The summed E-state index contributed by atoms with van der Waals surface area (Å²) in [6, 6.07) is 10.6. The molecular formula is C21H26N4. The fraction of sp³-hybridized carbons (Fsp3) is 0.429. The van der Waals surface area contributed by atoms with Crippen LogP contribution in [0.4, 0.5) is 5.69 Å². The first-order valence-corrected chi connectivity index (χ1v) is 9.37. The van der Waals surface area contributed by atoms with Crippen LogP contribution in [-0.4, -0.2) is 27.9 Å². The van der Waals surface area contributed by atoms with Gasteiger partial charge in [0, 0.05) is 43.1 Å².